The zero-order valence-electron chi connectivity index (χ0n) is 51.6. The van der Waals surface area contributed by atoms with Gasteiger partial charge in [0, 0.05) is 34.1 Å². The molecule has 0 unspecified atom stereocenters. The molecule has 0 aliphatic carbocycles. The summed E-state index contributed by atoms with van der Waals surface area (Å²) >= 11 is 0. The maximum Gasteiger partial charge on any atom is 0.364 e. The number of carboxylic acids is 1. The molecular formula is C53H90N4O38. The lowest BCUT2D eigenvalue weighted by molar-refractivity contribution is -0.384. The van der Waals surface area contributed by atoms with Gasteiger partial charge in [0.25, 0.3) is 5.79 Å². The Morgan fingerprint density at radius 3 is 1.49 bits per heavy atom. The maximum atomic E-state index is 13.1. The van der Waals surface area contributed by atoms with Gasteiger partial charge in [-0.2, -0.15) is 0 Å². The summed E-state index contributed by atoms with van der Waals surface area (Å²) in [4.78, 5) is 63.2. The van der Waals surface area contributed by atoms with Crippen molar-refractivity contribution in [3.63, 3.8) is 0 Å². The number of ether oxygens (including phenoxy) is 12. The molecule has 42 heteroatoms. The van der Waals surface area contributed by atoms with E-state index < -0.39 is 296 Å². The SMILES string of the molecule is CC(=O)N[C@H]1[C@H](OC[C@@H](O)[C@H](O)[C@H](O[C@@H]2O[C@H](CO)[C@@H](O[C@@H]3O[C@H](CO)[C@H](O)[C@H](O)[C@H]3O[C@@H]3O[C@@H](C)[C@@H](O)[C@@H](O)[C@@H]3O)[C@H](O)[C@H]2NC(C)=O)[C@H](CO)NC(C)=O)O[C@H](CO)[C@@H](O[C@@H]2O[C@H](CO)[C@H](O)[C@H](O[C@]3(C(=O)O)C[C@H](O)[C@@H](NC(C)=O)[C@H]([C@H](O)[C@H](O)CO)O3)[C@H]2O)[C@@H]1O. The molecule has 6 saturated heterocycles. The molecule has 4 amide bonds. The van der Waals surface area contributed by atoms with Gasteiger partial charge in [-0.05, 0) is 6.92 Å². The second-order valence-corrected chi connectivity index (χ2v) is 23.7. The van der Waals surface area contributed by atoms with Crippen molar-refractivity contribution in [2.24, 2.45) is 0 Å². The number of aliphatic carboxylic acids is 1. The molecule has 0 spiro atoms. The average molecular weight is 1390 g/mol. The second-order valence-electron chi connectivity index (χ2n) is 23.7. The van der Waals surface area contributed by atoms with E-state index in [2.05, 4.69) is 21.3 Å². The molecule has 6 fully saturated rings. The molecular weight excluding hydrogens is 1300 g/mol. The highest BCUT2D eigenvalue weighted by atomic mass is 16.8. The van der Waals surface area contributed by atoms with Crippen LogP contribution in [0.4, 0.5) is 0 Å². The molecule has 6 aliphatic rings. The second kappa shape index (κ2) is 34.9. The minimum Gasteiger partial charge on any atom is -0.477 e. The number of amides is 4. The molecule has 0 bridgehead atoms. The van der Waals surface area contributed by atoms with Gasteiger partial charge in [-0.3, -0.25) is 19.2 Å². The third-order valence-electron chi connectivity index (χ3n) is 16.7. The molecule has 0 aromatic rings. The van der Waals surface area contributed by atoms with Crippen molar-refractivity contribution in [3.05, 3.63) is 0 Å². The van der Waals surface area contributed by atoms with Crippen LogP contribution in [0.3, 0.4) is 0 Å². The quantitative estimate of drug-likeness (QED) is 0.0331. The van der Waals surface area contributed by atoms with Crippen LogP contribution in [0.2, 0.25) is 0 Å². The standard InChI is InChI=1S/C53H90N4O38/c1-14-30(71)37(78)39(80)49(85-14)93-46-38(79)33(74)23(9-60)87-51(46)92-43-26(12-63)89-48(29(36(43)77)57-18(5)67)90-41(19(7-58)54-15(2)64)32(73)22(70)13-84-47-28(56-17(4)66)35(76)42(25(11-62)88-47)91-50-40(81)45(34(75)24(10-61)86-50)95-53(52(82)83)6-20(68)27(55-16(3)65)44(94-53)31(72)21(69)8-59/h14,19-51,58-63,68-81H,6-13H2,1-5H3,(H,54,64)(H,55,65)(H,56,66)(H,57,67)(H,82,83)/t14-,19-,20-,21+,22+,23+,24+,25+,26+,27+,28+,29+,30+,31+,32-,33-,34-,35+,36+,37+,38-,39-,40+,41+,42+,43+,44+,45-,46+,47+,48-,49-,50-,51-,53-/m0/s1. The van der Waals surface area contributed by atoms with Crippen molar-refractivity contribution in [1.29, 1.82) is 0 Å². The maximum absolute atomic E-state index is 13.1. The van der Waals surface area contributed by atoms with Gasteiger partial charge in [-0.15, -0.1) is 0 Å². The highest BCUT2D eigenvalue weighted by Crippen LogP contribution is 2.40. The fraction of sp³-hybridized carbons (Fsp3) is 0.906. The topological polar surface area (TPSA) is 669 Å². The highest BCUT2D eigenvalue weighted by molar-refractivity contribution is 5.77. The van der Waals surface area contributed by atoms with Gasteiger partial charge >= 0.3 is 5.97 Å². The number of rotatable bonds is 29. The van der Waals surface area contributed by atoms with Crippen LogP contribution in [0, 0.1) is 0 Å². The van der Waals surface area contributed by atoms with Gasteiger partial charge < -0.3 is 185 Å². The van der Waals surface area contributed by atoms with E-state index in [1.807, 2.05) is 0 Å². The van der Waals surface area contributed by atoms with Crippen molar-refractivity contribution in [2.45, 2.75) is 255 Å². The van der Waals surface area contributed by atoms with Gasteiger partial charge in [0.1, 0.15) is 152 Å². The van der Waals surface area contributed by atoms with Crippen molar-refractivity contribution >= 4 is 29.6 Å². The largest absolute Gasteiger partial charge is 0.477 e. The first kappa shape index (κ1) is 80.0. The van der Waals surface area contributed by atoms with E-state index in [0.717, 1.165) is 27.7 Å². The van der Waals surface area contributed by atoms with Crippen molar-refractivity contribution in [1.82, 2.24) is 21.3 Å². The van der Waals surface area contributed by atoms with Gasteiger partial charge in [0.15, 0.2) is 31.5 Å². The van der Waals surface area contributed by atoms with Gasteiger partial charge in [0.2, 0.25) is 23.6 Å². The molecule has 6 aliphatic heterocycles. The Labute approximate surface area is 539 Å². The first-order valence-electron chi connectivity index (χ1n) is 30.0. The fourth-order valence-electron chi connectivity index (χ4n) is 11.8. The van der Waals surface area contributed by atoms with E-state index in [9.17, 15) is 131 Å². The van der Waals surface area contributed by atoms with Crippen molar-refractivity contribution in [2.75, 3.05) is 46.2 Å². The summed E-state index contributed by atoms with van der Waals surface area (Å²) in [6.45, 7) is -2.70. The Balaban J connectivity index is 1.22. The van der Waals surface area contributed by atoms with E-state index in [4.69, 9.17) is 56.8 Å². The lowest BCUT2D eigenvalue weighted by atomic mass is 9.88. The summed E-state index contributed by atoms with van der Waals surface area (Å²) in [6, 6.07) is -7.22. The van der Waals surface area contributed by atoms with Gasteiger partial charge in [0.05, 0.1) is 70.5 Å². The lowest BCUT2D eigenvalue weighted by Crippen LogP contribution is -2.71. The Hall–Kier alpha value is -3.93. The van der Waals surface area contributed by atoms with E-state index in [-0.39, 0.29) is 0 Å². The molecule has 6 rings (SSSR count). The molecule has 6 heterocycles. The zero-order valence-corrected chi connectivity index (χ0v) is 51.6. The summed E-state index contributed by atoms with van der Waals surface area (Å²) in [5.74, 6) is -8.90. The molecule has 42 nitrogen and oxygen atoms in total. The number of carbonyl (C=O) groups excluding carboxylic acids is 4. The third-order valence-corrected chi connectivity index (χ3v) is 16.7. The number of hydrogen-bond acceptors (Lipinski definition) is 37. The number of carbonyl (C=O) groups is 5. The van der Waals surface area contributed by atoms with Crippen LogP contribution < -0.4 is 21.3 Å². The first-order chi connectivity index (χ1) is 44.6. The third kappa shape index (κ3) is 18.5. The Morgan fingerprint density at radius 2 is 0.979 bits per heavy atom. The van der Waals surface area contributed by atoms with E-state index in [1.165, 1.54) is 6.92 Å². The smallest absolute Gasteiger partial charge is 0.364 e. The Morgan fingerprint density at radius 1 is 0.495 bits per heavy atom. The van der Waals surface area contributed by atoms with E-state index in [1.54, 1.807) is 0 Å². The molecule has 0 saturated carbocycles. The molecule has 0 aromatic heterocycles. The lowest BCUT2D eigenvalue weighted by Gasteiger charge is -2.51. The van der Waals surface area contributed by atoms with Crippen LogP contribution in [-0.4, -0.2) is 397 Å². The Kier molecular flexibility index (Phi) is 29.4. The Bertz CT molecular complexity index is 2470. The number of hydrogen-bond donors (Lipinski definition) is 25. The number of aliphatic hydroxyl groups is 20. The van der Waals surface area contributed by atoms with Crippen LogP contribution in [0.25, 0.3) is 0 Å². The van der Waals surface area contributed by atoms with Crippen LogP contribution in [-0.2, 0) is 80.8 Å². The van der Waals surface area contributed by atoms with Crippen LogP contribution >= 0.6 is 0 Å². The molecule has 95 heavy (non-hydrogen) atoms. The van der Waals surface area contributed by atoms with E-state index >= 15 is 0 Å². The number of carboxylic acid groups (broad SMARTS) is 1. The van der Waals surface area contributed by atoms with Gasteiger partial charge in [-0.1, -0.05) is 0 Å². The summed E-state index contributed by atoms with van der Waals surface area (Å²) in [7, 11) is 0. The molecule has 550 valence electrons. The zero-order chi connectivity index (χ0) is 71.0. The summed E-state index contributed by atoms with van der Waals surface area (Å²) in [5.41, 5.74) is 0. The average Bonchev–Trinajstić information content (AvgIpc) is 0.763. The first-order valence-corrected chi connectivity index (χ1v) is 30.0. The summed E-state index contributed by atoms with van der Waals surface area (Å²) in [6.07, 6.45) is -61.9. The van der Waals surface area contributed by atoms with Crippen LogP contribution in [0.15, 0.2) is 0 Å². The molecule has 0 aromatic carbocycles. The van der Waals surface area contributed by atoms with Crippen molar-refractivity contribution < 1.29 is 188 Å². The molecule has 35 atom stereocenters. The predicted octanol–water partition coefficient (Wildman–Crippen LogP) is -15.8. The monoisotopic (exact) mass is 1390 g/mol. The normalized spacial score (nSPS) is 42.9. The summed E-state index contributed by atoms with van der Waals surface area (Å²) in [5, 5.41) is 238. The molecule has 25 N–H and O–H groups in total. The van der Waals surface area contributed by atoms with Crippen LogP contribution in [0.5, 0.6) is 0 Å². The number of nitrogens with one attached hydrogen (secondary N) is 4. The fourth-order valence-corrected chi connectivity index (χ4v) is 11.8. The molecule has 0 radical (unpaired) electrons. The highest BCUT2D eigenvalue weighted by Gasteiger charge is 2.61. The summed E-state index contributed by atoms with van der Waals surface area (Å²) < 4.78 is 69.4. The minimum absolute atomic E-state index is 0.840. The van der Waals surface area contributed by atoms with Crippen LogP contribution in [0.1, 0.15) is 41.0 Å². The number of aliphatic hydroxyl groups excluding tert-OH is 20. The van der Waals surface area contributed by atoms with E-state index in [0.29, 0.717) is 0 Å². The predicted molar refractivity (Wildman–Crippen MR) is 296 cm³/mol. The minimum atomic E-state index is -3.22. The van der Waals surface area contributed by atoms with Gasteiger partial charge in [-0.25, -0.2) is 4.79 Å². The van der Waals surface area contributed by atoms with Crippen molar-refractivity contribution in [3.8, 4) is 0 Å².